The van der Waals surface area contributed by atoms with E-state index in [1.165, 1.54) is 0 Å². The fourth-order valence-corrected chi connectivity index (χ4v) is 0.916. The predicted molar refractivity (Wildman–Crippen MR) is 60.9 cm³/mol. The van der Waals surface area contributed by atoms with Crippen molar-refractivity contribution < 1.29 is 19.1 Å². The predicted octanol–water partition coefficient (Wildman–Crippen LogP) is 2.23. The highest BCUT2D eigenvalue weighted by Crippen LogP contribution is 1.97. The van der Waals surface area contributed by atoms with Crippen LogP contribution in [0.25, 0.3) is 0 Å². The second kappa shape index (κ2) is 10.2. The summed E-state index contributed by atoms with van der Waals surface area (Å²) in [5.74, 6) is -0.707. The molecule has 0 saturated heterocycles. The molecule has 0 aromatic heterocycles. The molecule has 4 heteroatoms. The van der Waals surface area contributed by atoms with Gasteiger partial charge in [0.1, 0.15) is 6.61 Å². The highest BCUT2D eigenvalue weighted by atomic mass is 16.5. The maximum atomic E-state index is 11.1. The Kier molecular flexibility index (Phi) is 9.36. The Morgan fingerprint density at radius 1 is 1.12 bits per heavy atom. The van der Waals surface area contributed by atoms with Crippen molar-refractivity contribution in [1.29, 1.82) is 0 Å². The summed E-state index contributed by atoms with van der Waals surface area (Å²) >= 11 is 0. The maximum absolute atomic E-state index is 11.1. The summed E-state index contributed by atoms with van der Waals surface area (Å²) in [6, 6.07) is 0. The Balaban J connectivity index is 3.47. The van der Waals surface area contributed by atoms with Crippen LogP contribution in [0.5, 0.6) is 0 Å². The average molecular weight is 228 g/mol. The minimum absolute atomic E-state index is 0.0858. The average Bonchev–Trinajstić information content (AvgIpc) is 2.27. The van der Waals surface area contributed by atoms with Crippen LogP contribution in [-0.2, 0) is 19.1 Å². The van der Waals surface area contributed by atoms with Gasteiger partial charge in [-0.05, 0) is 13.3 Å². The van der Waals surface area contributed by atoms with E-state index in [9.17, 15) is 9.59 Å². The summed E-state index contributed by atoms with van der Waals surface area (Å²) in [7, 11) is 0. The molecule has 92 valence electrons. The fraction of sp³-hybridized carbons (Fsp3) is 0.667. The van der Waals surface area contributed by atoms with Gasteiger partial charge in [-0.15, -0.1) is 0 Å². The summed E-state index contributed by atoms with van der Waals surface area (Å²) in [4.78, 5) is 22.2. The number of esters is 2. The van der Waals surface area contributed by atoms with Crippen LogP contribution in [0, 0.1) is 0 Å². The third-order valence-electron chi connectivity index (χ3n) is 1.87. The summed E-state index contributed by atoms with van der Waals surface area (Å²) in [6.07, 6.45) is 5.56. The van der Waals surface area contributed by atoms with Gasteiger partial charge in [-0.3, -0.25) is 9.59 Å². The molecule has 0 radical (unpaired) electrons. The van der Waals surface area contributed by atoms with Crippen molar-refractivity contribution in [2.45, 2.75) is 39.5 Å². The van der Waals surface area contributed by atoms with Gasteiger partial charge in [0.05, 0.1) is 19.4 Å². The van der Waals surface area contributed by atoms with E-state index in [0.29, 0.717) is 6.61 Å². The molecule has 0 bridgehead atoms. The number of carbonyl (C=O) groups is 2. The molecule has 0 aliphatic heterocycles. The molecule has 0 N–H and O–H groups in total. The first-order chi connectivity index (χ1) is 7.70. The molecule has 16 heavy (non-hydrogen) atoms. The number of carbonyl (C=O) groups excluding carboxylic acids is 2. The van der Waals surface area contributed by atoms with Gasteiger partial charge in [-0.25, -0.2) is 0 Å². The van der Waals surface area contributed by atoms with E-state index in [-0.39, 0.29) is 31.4 Å². The van der Waals surface area contributed by atoms with Crippen molar-refractivity contribution in [3.8, 4) is 0 Å². The first-order valence-electron chi connectivity index (χ1n) is 5.63. The normalized spacial score (nSPS) is 10.4. The monoisotopic (exact) mass is 228 g/mol. The second-order valence-electron chi connectivity index (χ2n) is 3.33. The Labute approximate surface area is 96.6 Å². The molecule has 0 rings (SSSR count). The molecular formula is C12H20O4. The molecule has 0 atom stereocenters. The van der Waals surface area contributed by atoms with Gasteiger partial charge in [0.15, 0.2) is 0 Å². The quantitative estimate of drug-likeness (QED) is 0.363. The van der Waals surface area contributed by atoms with Crippen molar-refractivity contribution in [2.75, 3.05) is 13.2 Å². The molecule has 0 heterocycles. The number of hydrogen-bond donors (Lipinski definition) is 0. The zero-order valence-electron chi connectivity index (χ0n) is 10.0. The summed E-state index contributed by atoms with van der Waals surface area (Å²) in [6.45, 7) is 4.56. The third kappa shape index (κ3) is 9.24. The van der Waals surface area contributed by atoms with Crippen LogP contribution >= 0.6 is 0 Å². The molecule has 0 aromatic rings. The van der Waals surface area contributed by atoms with Crippen molar-refractivity contribution in [3.05, 3.63) is 12.2 Å². The van der Waals surface area contributed by atoms with Gasteiger partial charge in [-0.1, -0.05) is 25.5 Å². The van der Waals surface area contributed by atoms with E-state index in [2.05, 4.69) is 0 Å². The Hall–Kier alpha value is -1.32. The molecule has 0 amide bonds. The zero-order chi connectivity index (χ0) is 12.2. The first-order valence-corrected chi connectivity index (χ1v) is 5.63. The minimum Gasteiger partial charge on any atom is -0.466 e. The van der Waals surface area contributed by atoms with Gasteiger partial charge in [-0.2, -0.15) is 0 Å². The lowest BCUT2D eigenvalue weighted by Gasteiger charge is -2.03. The number of hydrogen-bond acceptors (Lipinski definition) is 4. The summed E-state index contributed by atoms with van der Waals surface area (Å²) < 4.78 is 9.72. The number of allylic oxidation sites excluding steroid dienone is 1. The minimum atomic E-state index is -0.370. The lowest BCUT2D eigenvalue weighted by atomic mass is 10.3. The van der Waals surface area contributed by atoms with Gasteiger partial charge in [0.2, 0.25) is 0 Å². The van der Waals surface area contributed by atoms with Crippen LogP contribution in [0.2, 0.25) is 0 Å². The molecule has 0 saturated carbocycles. The first kappa shape index (κ1) is 14.7. The lowest BCUT2D eigenvalue weighted by molar-refractivity contribution is -0.149. The second-order valence-corrected chi connectivity index (χ2v) is 3.33. The molecule has 0 aliphatic rings. The lowest BCUT2D eigenvalue weighted by Crippen LogP contribution is -2.10. The summed E-state index contributed by atoms with van der Waals surface area (Å²) in [5.41, 5.74) is 0. The summed E-state index contributed by atoms with van der Waals surface area (Å²) in [5, 5.41) is 0. The van der Waals surface area contributed by atoms with Crippen molar-refractivity contribution in [2.24, 2.45) is 0 Å². The van der Waals surface area contributed by atoms with E-state index in [1.807, 2.05) is 13.8 Å². The fourth-order valence-electron chi connectivity index (χ4n) is 0.916. The van der Waals surface area contributed by atoms with Crippen LogP contribution in [0.4, 0.5) is 0 Å². The van der Waals surface area contributed by atoms with Crippen molar-refractivity contribution in [1.82, 2.24) is 0 Å². The van der Waals surface area contributed by atoms with Crippen molar-refractivity contribution in [3.63, 3.8) is 0 Å². The number of rotatable bonds is 8. The van der Waals surface area contributed by atoms with E-state index in [1.54, 1.807) is 12.2 Å². The smallest absolute Gasteiger partial charge is 0.306 e. The molecule has 4 nitrogen and oxygen atoms in total. The van der Waals surface area contributed by atoms with Crippen molar-refractivity contribution >= 4 is 11.9 Å². The SMILES string of the molecule is CC=CCOC(=O)CCC(=O)OCCCC. The van der Waals surface area contributed by atoms with Gasteiger partial charge in [0, 0.05) is 0 Å². The molecule has 0 fully saturated rings. The van der Waals surface area contributed by atoms with E-state index >= 15 is 0 Å². The molecule has 0 aliphatic carbocycles. The largest absolute Gasteiger partial charge is 0.466 e. The van der Waals surface area contributed by atoms with Crippen LogP contribution in [0.15, 0.2) is 12.2 Å². The number of unbranched alkanes of at least 4 members (excludes halogenated alkanes) is 1. The standard InChI is InChI=1S/C12H20O4/c1-3-5-9-15-11(13)7-8-12(14)16-10-6-4-2/h3,5H,4,6-10H2,1-2H3. The Morgan fingerprint density at radius 3 is 2.31 bits per heavy atom. The van der Waals surface area contributed by atoms with Crippen LogP contribution in [-0.4, -0.2) is 25.2 Å². The third-order valence-corrected chi connectivity index (χ3v) is 1.87. The maximum Gasteiger partial charge on any atom is 0.306 e. The molecule has 0 spiro atoms. The Morgan fingerprint density at radius 2 is 1.75 bits per heavy atom. The van der Waals surface area contributed by atoms with Gasteiger partial charge < -0.3 is 9.47 Å². The molecule has 0 unspecified atom stereocenters. The molecule has 0 aromatic carbocycles. The van der Waals surface area contributed by atoms with Crippen LogP contribution in [0.3, 0.4) is 0 Å². The topological polar surface area (TPSA) is 52.6 Å². The van der Waals surface area contributed by atoms with E-state index in [0.717, 1.165) is 12.8 Å². The number of ether oxygens (including phenoxy) is 2. The van der Waals surface area contributed by atoms with E-state index < -0.39 is 0 Å². The Bertz CT molecular complexity index is 233. The highest BCUT2D eigenvalue weighted by Gasteiger charge is 2.08. The highest BCUT2D eigenvalue weighted by molar-refractivity contribution is 5.77. The van der Waals surface area contributed by atoms with Crippen LogP contribution in [0.1, 0.15) is 39.5 Å². The zero-order valence-corrected chi connectivity index (χ0v) is 10.0. The van der Waals surface area contributed by atoms with Crippen LogP contribution < -0.4 is 0 Å². The van der Waals surface area contributed by atoms with Gasteiger partial charge >= 0.3 is 11.9 Å². The van der Waals surface area contributed by atoms with E-state index in [4.69, 9.17) is 9.47 Å². The molecular weight excluding hydrogens is 208 g/mol. The van der Waals surface area contributed by atoms with Gasteiger partial charge in [0.25, 0.3) is 0 Å².